The lowest BCUT2D eigenvalue weighted by molar-refractivity contribution is -0.121. The van der Waals surface area contributed by atoms with Crippen LogP contribution in [0.2, 0.25) is 0 Å². The highest BCUT2D eigenvalue weighted by Crippen LogP contribution is 2.34. The molecule has 0 radical (unpaired) electrons. The summed E-state index contributed by atoms with van der Waals surface area (Å²) in [7, 11) is 1.69. The molecule has 1 aliphatic rings. The number of likely N-dealkylation sites (N-methyl/N-ethyl adjacent to an activating group) is 1. The van der Waals surface area contributed by atoms with Gasteiger partial charge in [-0.3, -0.25) is 9.69 Å². The summed E-state index contributed by atoms with van der Waals surface area (Å²) in [6, 6.07) is 13.9. The van der Waals surface area contributed by atoms with E-state index in [9.17, 15) is 4.79 Å². The van der Waals surface area contributed by atoms with E-state index in [-0.39, 0.29) is 11.3 Å². The van der Waals surface area contributed by atoms with Crippen LogP contribution < -0.4 is 14.2 Å². The Kier molecular flexibility index (Phi) is 8.43. The van der Waals surface area contributed by atoms with Crippen molar-refractivity contribution in [3.8, 4) is 17.2 Å². The molecule has 5 nitrogen and oxygen atoms in total. The van der Waals surface area contributed by atoms with Gasteiger partial charge in [-0.1, -0.05) is 63.0 Å². The van der Waals surface area contributed by atoms with Gasteiger partial charge in [0.1, 0.15) is 10.1 Å². The van der Waals surface area contributed by atoms with Crippen LogP contribution in [0.5, 0.6) is 17.2 Å². The molecule has 0 spiro atoms. The average molecular weight is 486 g/mol. The minimum atomic E-state index is -0.0867. The highest BCUT2D eigenvalue weighted by molar-refractivity contribution is 8.26. The van der Waals surface area contributed by atoms with Crippen molar-refractivity contribution < 1.29 is 19.0 Å². The van der Waals surface area contributed by atoms with E-state index in [2.05, 4.69) is 32.9 Å². The zero-order valence-corrected chi connectivity index (χ0v) is 21.5. The summed E-state index contributed by atoms with van der Waals surface area (Å²) in [5.74, 6) is 2.10. The van der Waals surface area contributed by atoms with Gasteiger partial charge in [-0.25, -0.2) is 0 Å². The fourth-order valence-electron chi connectivity index (χ4n) is 3.18. The number of hydrogen-bond donors (Lipinski definition) is 0. The van der Waals surface area contributed by atoms with Gasteiger partial charge in [-0.05, 0) is 53.8 Å². The third kappa shape index (κ3) is 6.74. The van der Waals surface area contributed by atoms with Crippen molar-refractivity contribution in [2.24, 2.45) is 0 Å². The molecule has 2 aromatic rings. The molecular weight excluding hydrogens is 454 g/mol. The molecule has 2 aromatic carbocycles. The van der Waals surface area contributed by atoms with E-state index < -0.39 is 0 Å². The van der Waals surface area contributed by atoms with Crippen LogP contribution in [0.1, 0.15) is 45.2 Å². The molecule has 0 bridgehead atoms. The molecule has 7 heteroatoms. The normalized spacial score (nSPS) is 15.3. The Balaban J connectivity index is 1.54. The topological polar surface area (TPSA) is 48.0 Å². The monoisotopic (exact) mass is 485 g/mol. The Morgan fingerprint density at radius 3 is 2.30 bits per heavy atom. The summed E-state index contributed by atoms with van der Waals surface area (Å²) >= 11 is 6.50. The quantitative estimate of drug-likeness (QED) is 0.244. The second-order valence-electron chi connectivity index (χ2n) is 8.70. The maximum Gasteiger partial charge on any atom is 0.265 e. The predicted molar refractivity (Wildman–Crippen MR) is 139 cm³/mol. The molecule has 0 aliphatic carbocycles. The molecular formula is C26H31NO4S2. The summed E-state index contributed by atoms with van der Waals surface area (Å²) in [6.07, 6.45) is 2.57. The van der Waals surface area contributed by atoms with Crippen LogP contribution in [-0.4, -0.2) is 42.0 Å². The van der Waals surface area contributed by atoms with Gasteiger partial charge in [-0.2, -0.15) is 0 Å². The number of ether oxygens (including phenoxy) is 3. The van der Waals surface area contributed by atoms with Gasteiger partial charge >= 0.3 is 0 Å². The van der Waals surface area contributed by atoms with E-state index in [4.69, 9.17) is 26.4 Å². The van der Waals surface area contributed by atoms with Gasteiger partial charge in [-0.15, -0.1) is 0 Å². The van der Waals surface area contributed by atoms with Gasteiger partial charge in [0.15, 0.2) is 11.5 Å². The fourth-order valence-corrected chi connectivity index (χ4v) is 4.36. The molecule has 1 saturated heterocycles. The molecule has 33 heavy (non-hydrogen) atoms. The average Bonchev–Trinajstić information content (AvgIpc) is 3.01. The molecule has 0 N–H and O–H groups in total. The summed E-state index contributed by atoms with van der Waals surface area (Å²) in [4.78, 5) is 14.3. The lowest BCUT2D eigenvalue weighted by Crippen LogP contribution is -2.22. The Hall–Kier alpha value is -2.51. The van der Waals surface area contributed by atoms with E-state index >= 15 is 0 Å². The third-order valence-corrected chi connectivity index (χ3v) is 6.57. The van der Waals surface area contributed by atoms with Crippen molar-refractivity contribution in [2.75, 3.05) is 26.9 Å². The predicted octanol–water partition coefficient (Wildman–Crippen LogP) is 6.06. The summed E-state index contributed by atoms with van der Waals surface area (Å²) in [5.41, 5.74) is 2.28. The van der Waals surface area contributed by atoms with Crippen molar-refractivity contribution in [1.82, 2.24) is 4.90 Å². The van der Waals surface area contributed by atoms with Crippen molar-refractivity contribution in [2.45, 2.75) is 39.5 Å². The number of nitrogens with zero attached hydrogens (tertiary/aromatic N) is 1. The minimum Gasteiger partial charge on any atom is -0.493 e. The lowest BCUT2D eigenvalue weighted by atomic mass is 9.87. The number of hydrogen-bond acceptors (Lipinski definition) is 6. The van der Waals surface area contributed by atoms with Crippen LogP contribution in [0.3, 0.4) is 0 Å². The second-order valence-corrected chi connectivity index (χ2v) is 10.4. The van der Waals surface area contributed by atoms with Crippen LogP contribution in [0.15, 0.2) is 47.4 Å². The molecule has 3 rings (SSSR count). The Morgan fingerprint density at radius 1 is 1.00 bits per heavy atom. The summed E-state index contributed by atoms with van der Waals surface area (Å²) in [5, 5.41) is 0. The SMILES string of the molecule is CCOc1cc(/C=C2/SC(=S)N(C)C2=O)ccc1OCCCOc1ccc(C(C)(C)C)cc1. The second kappa shape index (κ2) is 11.1. The lowest BCUT2D eigenvalue weighted by Gasteiger charge is -2.19. The van der Waals surface area contributed by atoms with Crippen LogP contribution >= 0.6 is 24.0 Å². The molecule has 0 saturated carbocycles. The first-order valence-corrected chi connectivity index (χ1v) is 12.3. The summed E-state index contributed by atoms with van der Waals surface area (Å²) < 4.78 is 18.1. The summed E-state index contributed by atoms with van der Waals surface area (Å²) in [6.45, 7) is 10.1. The number of thioether (sulfide) groups is 1. The van der Waals surface area contributed by atoms with Crippen LogP contribution in [-0.2, 0) is 10.2 Å². The largest absolute Gasteiger partial charge is 0.493 e. The maximum absolute atomic E-state index is 12.2. The van der Waals surface area contributed by atoms with E-state index in [1.165, 1.54) is 22.2 Å². The number of amides is 1. The van der Waals surface area contributed by atoms with Crippen LogP contribution in [0.25, 0.3) is 6.08 Å². The molecule has 1 fully saturated rings. The first-order valence-electron chi connectivity index (χ1n) is 11.0. The van der Waals surface area contributed by atoms with Crippen molar-refractivity contribution in [3.05, 3.63) is 58.5 Å². The van der Waals surface area contributed by atoms with E-state index in [0.29, 0.717) is 40.5 Å². The molecule has 0 unspecified atom stereocenters. The Labute approximate surface area is 206 Å². The number of carbonyl (C=O) groups is 1. The first kappa shape index (κ1) is 25.1. The third-order valence-electron chi connectivity index (χ3n) is 5.09. The van der Waals surface area contributed by atoms with Crippen molar-refractivity contribution in [3.63, 3.8) is 0 Å². The highest BCUT2D eigenvalue weighted by atomic mass is 32.2. The zero-order valence-electron chi connectivity index (χ0n) is 19.8. The number of thiocarbonyl (C=S) groups is 1. The van der Waals surface area contributed by atoms with Gasteiger partial charge in [0, 0.05) is 13.5 Å². The van der Waals surface area contributed by atoms with Gasteiger partial charge < -0.3 is 14.2 Å². The maximum atomic E-state index is 12.2. The molecule has 0 atom stereocenters. The molecule has 1 aliphatic heterocycles. The standard InChI is InChI=1S/C26H31NO4S2/c1-6-29-22-16-18(17-23-24(28)27(5)25(32)33-23)8-13-21(22)31-15-7-14-30-20-11-9-19(10-12-20)26(2,3)4/h8-13,16-17H,6-7,14-15H2,1-5H3/b23-17+. The fraction of sp³-hybridized carbons (Fsp3) is 0.385. The van der Waals surface area contributed by atoms with E-state index in [0.717, 1.165) is 17.7 Å². The molecule has 1 amide bonds. The smallest absolute Gasteiger partial charge is 0.265 e. The van der Waals surface area contributed by atoms with Gasteiger partial charge in [0.2, 0.25) is 0 Å². The van der Waals surface area contributed by atoms with E-state index in [1.54, 1.807) is 7.05 Å². The number of rotatable bonds is 9. The Morgan fingerprint density at radius 2 is 1.70 bits per heavy atom. The van der Waals surface area contributed by atoms with Crippen molar-refractivity contribution in [1.29, 1.82) is 0 Å². The highest BCUT2D eigenvalue weighted by Gasteiger charge is 2.28. The molecule has 0 aromatic heterocycles. The van der Waals surface area contributed by atoms with Crippen LogP contribution in [0, 0.1) is 0 Å². The van der Waals surface area contributed by atoms with Gasteiger partial charge in [0.05, 0.1) is 24.7 Å². The number of benzene rings is 2. The molecule has 176 valence electrons. The van der Waals surface area contributed by atoms with Gasteiger partial charge in [0.25, 0.3) is 5.91 Å². The number of carbonyl (C=O) groups excluding carboxylic acids is 1. The first-order chi connectivity index (χ1) is 15.7. The molecule has 1 heterocycles. The van der Waals surface area contributed by atoms with Crippen molar-refractivity contribution >= 4 is 40.3 Å². The van der Waals surface area contributed by atoms with Crippen LogP contribution in [0.4, 0.5) is 0 Å². The minimum absolute atomic E-state index is 0.0867. The zero-order chi connectivity index (χ0) is 24.0. The Bertz CT molecular complexity index is 1030. The van der Waals surface area contributed by atoms with E-state index in [1.807, 2.05) is 43.3 Å².